The van der Waals surface area contributed by atoms with Crippen LogP contribution >= 0.6 is 11.8 Å². The van der Waals surface area contributed by atoms with Crippen molar-refractivity contribution < 1.29 is 24.3 Å². The van der Waals surface area contributed by atoms with Crippen LogP contribution in [-0.2, 0) is 14.4 Å². The molecular formula is C8H12N2O5S. The van der Waals surface area contributed by atoms with Gasteiger partial charge in [0.15, 0.2) is 6.61 Å². The van der Waals surface area contributed by atoms with Gasteiger partial charge in [0.05, 0.1) is 0 Å². The lowest BCUT2D eigenvalue weighted by atomic mass is 10.4. The van der Waals surface area contributed by atoms with Crippen molar-refractivity contribution in [2.75, 3.05) is 25.4 Å². The fourth-order valence-corrected chi connectivity index (χ4v) is 1.95. The van der Waals surface area contributed by atoms with E-state index < -0.39 is 18.5 Å². The van der Waals surface area contributed by atoms with Crippen molar-refractivity contribution in [3.63, 3.8) is 0 Å². The highest BCUT2D eigenvalue weighted by molar-refractivity contribution is 8.13. The molecule has 0 aliphatic carbocycles. The van der Waals surface area contributed by atoms with Crippen molar-refractivity contribution in [3.05, 3.63) is 0 Å². The number of aliphatic carboxylic acids is 1. The molecule has 0 aromatic rings. The number of hydrogen-bond donors (Lipinski definition) is 2. The van der Waals surface area contributed by atoms with E-state index in [1.165, 1.54) is 11.8 Å². The van der Waals surface area contributed by atoms with Gasteiger partial charge in [0.2, 0.25) is 5.91 Å². The quantitative estimate of drug-likeness (QED) is 0.625. The highest BCUT2D eigenvalue weighted by Gasteiger charge is 2.21. The van der Waals surface area contributed by atoms with Crippen LogP contribution in [0, 0.1) is 0 Å². The number of carbonyl (C=O) groups is 3. The third-order valence-corrected chi connectivity index (χ3v) is 2.73. The Morgan fingerprint density at radius 2 is 2.31 bits per heavy atom. The molecule has 1 rings (SSSR count). The number of carboxylic acids is 1. The van der Waals surface area contributed by atoms with Gasteiger partial charge in [-0.1, -0.05) is 11.8 Å². The lowest BCUT2D eigenvalue weighted by molar-refractivity contribution is -0.149. The number of carboxylic acid groups (broad SMARTS) is 1. The van der Waals surface area contributed by atoms with Gasteiger partial charge in [-0.2, -0.15) is 0 Å². The van der Waals surface area contributed by atoms with Gasteiger partial charge in [0.25, 0.3) is 5.24 Å². The van der Waals surface area contributed by atoms with Crippen LogP contribution < -0.4 is 5.48 Å². The Morgan fingerprint density at radius 3 is 2.88 bits per heavy atom. The summed E-state index contributed by atoms with van der Waals surface area (Å²) in [7, 11) is 0. The van der Waals surface area contributed by atoms with E-state index in [-0.39, 0.29) is 11.7 Å². The standard InChI is InChI=1S/C8H12N2O5S/c11-6(9-15-5-7(12)13)1-2-10-3-4-16-8(10)14/h1-5H2,(H,9,11)(H,12,13). The molecule has 0 bridgehead atoms. The lowest BCUT2D eigenvalue weighted by Gasteiger charge is -2.13. The van der Waals surface area contributed by atoms with E-state index in [9.17, 15) is 14.4 Å². The van der Waals surface area contributed by atoms with Crippen molar-refractivity contribution in [2.45, 2.75) is 6.42 Å². The molecule has 16 heavy (non-hydrogen) atoms. The maximum absolute atomic E-state index is 11.1. The summed E-state index contributed by atoms with van der Waals surface area (Å²) in [5.41, 5.74) is 1.99. The second-order valence-electron chi connectivity index (χ2n) is 3.06. The fraction of sp³-hybridized carbons (Fsp3) is 0.625. The van der Waals surface area contributed by atoms with Gasteiger partial charge >= 0.3 is 5.97 Å². The first-order valence-corrected chi connectivity index (χ1v) is 5.62. The van der Waals surface area contributed by atoms with Crippen LogP contribution in [0.1, 0.15) is 6.42 Å². The van der Waals surface area contributed by atoms with Crippen LogP contribution in [0.2, 0.25) is 0 Å². The third-order valence-electron chi connectivity index (χ3n) is 1.84. The zero-order chi connectivity index (χ0) is 12.0. The van der Waals surface area contributed by atoms with Crippen molar-refractivity contribution in [1.29, 1.82) is 0 Å². The van der Waals surface area contributed by atoms with Gasteiger partial charge < -0.3 is 10.0 Å². The molecule has 0 aromatic carbocycles. The largest absolute Gasteiger partial charge is 0.479 e. The van der Waals surface area contributed by atoms with Gasteiger partial charge in [-0.3, -0.25) is 14.4 Å². The van der Waals surface area contributed by atoms with Crippen molar-refractivity contribution in [1.82, 2.24) is 10.4 Å². The second kappa shape index (κ2) is 6.33. The molecule has 0 spiro atoms. The number of hydroxylamine groups is 1. The van der Waals surface area contributed by atoms with Crippen LogP contribution in [-0.4, -0.2) is 52.6 Å². The van der Waals surface area contributed by atoms with Crippen LogP contribution in [0.5, 0.6) is 0 Å². The summed E-state index contributed by atoms with van der Waals surface area (Å²) in [6.45, 7) is 0.394. The Balaban J connectivity index is 2.10. The van der Waals surface area contributed by atoms with E-state index in [0.29, 0.717) is 13.1 Å². The summed E-state index contributed by atoms with van der Waals surface area (Å²) in [6, 6.07) is 0. The van der Waals surface area contributed by atoms with E-state index >= 15 is 0 Å². The highest BCUT2D eigenvalue weighted by atomic mass is 32.2. The van der Waals surface area contributed by atoms with Gasteiger partial charge in [-0.25, -0.2) is 10.3 Å². The molecule has 1 aliphatic heterocycles. The molecule has 1 fully saturated rings. The fourth-order valence-electron chi connectivity index (χ4n) is 1.09. The Kier molecular flexibility index (Phi) is 5.06. The number of rotatable bonds is 6. The van der Waals surface area contributed by atoms with Gasteiger partial charge in [0.1, 0.15) is 0 Å². The zero-order valence-corrected chi connectivity index (χ0v) is 9.29. The molecule has 2 N–H and O–H groups in total. The summed E-state index contributed by atoms with van der Waals surface area (Å²) < 4.78 is 0. The second-order valence-corrected chi connectivity index (χ2v) is 4.11. The SMILES string of the molecule is O=C(O)CONC(=O)CCN1CCSC1=O. The minimum absolute atomic E-state index is 0.0285. The van der Waals surface area contributed by atoms with Crippen LogP contribution in [0.25, 0.3) is 0 Å². The Labute approximate surface area is 96.1 Å². The zero-order valence-electron chi connectivity index (χ0n) is 8.47. The maximum Gasteiger partial charge on any atom is 0.332 e. The number of carbonyl (C=O) groups excluding carboxylic acids is 2. The molecule has 0 saturated carbocycles. The third kappa shape index (κ3) is 4.49. The average Bonchev–Trinajstić information content (AvgIpc) is 2.60. The smallest absolute Gasteiger partial charge is 0.332 e. The molecule has 0 aromatic heterocycles. The summed E-state index contributed by atoms with van der Waals surface area (Å²) in [5, 5.41) is 8.20. The normalized spacial score (nSPS) is 15.2. The highest BCUT2D eigenvalue weighted by Crippen LogP contribution is 2.16. The molecule has 2 amide bonds. The molecule has 7 nitrogen and oxygen atoms in total. The molecule has 1 heterocycles. The molecular weight excluding hydrogens is 236 g/mol. The lowest BCUT2D eigenvalue weighted by Crippen LogP contribution is -2.32. The minimum Gasteiger partial charge on any atom is -0.479 e. The van der Waals surface area contributed by atoms with Gasteiger partial charge in [0, 0.05) is 25.3 Å². The van der Waals surface area contributed by atoms with E-state index in [2.05, 4.69) is 4.84 Å². The van der Waals surface area contributed by atoms with Crippen molar-refractivity contribution in [2.24, 2.45) is 0 Å². The maximum atomic E-state index is 11.1. The minimum atomic E-state index is -1.16. The van der Waals surface area contributed by atoms with Gasteiger partial charge in [-0.05, 0) is 0 Å². The Hall–Kier alpha value is -1.28. The molecule has 90 valence electrons. The molecule has 1 saturated heterocycles. The van der Waals surface area contributed by atoms with Crippen LogP contribution in [0.4, 0.5) is 4.79 Å². The van der Waals surface area contributed by atoms with Gasteiger partial charge in [-0.15, -0.1) is 0 Å². The van der Waals surface area contributed by atoms with E-state index in [1.807, 2.05) is 5.48 Å². The Bertz CT molecular complexity index is 296. The first-order chi connectivity index (χ1) is 7.59. The molecule has 0 radical (unpaired) electrons. The summed E-state index contributed by atoms with van der Waals surface area (Å²) in [5.74, 6) is -0.854. The number of nitrogens with zero attached hydrogens (tertiary/aromatic N) is 1. The molecule has 8 heteroatoms. The van der Waals surface area contributed by atoms with E-state index in [0.717, 1.165) is 5.75 Å². The summed E-state index contributed by atoms with van der Waals surface area (Å²) >= 11 is 1.23. The Morgan fingerprint density at radius 1 is 1.56 bits per heavy atom. The topological polar surface area (TPSA) is 95.9 Å². The predicted molar refractivity (Wildman–Crippen MR) is 55.8 cm³/mol. The number of nitrogens with one attached hydrogen (secondary N) is 1. The first-order valence-electron chi connectivity index (χ1n) is 4.63. The van der Waals surface area contributed by atoms with Crippen molar-refractivity contribution >= 4 is 28.9 Å². The van der Waals surface area contributed by atoms with Crippen LogP contribution in [0.15, 0.2) is 0 Å². The number of amides is 2. The molecule has 0 unspecified atom stereocenters. The molecule has 0 atom stereocenters. The van der Waals surface area contributed by atoms with E-state index in [1.54, 1.807) is 4.90 Å². The van der Waals surface area contributed by atoms with E-state index in [4.69, 9.17) is 5.11 Å². The number of hydrogen-bond acceptors (Lipinski definition) is 5. The first kappa shape index (κ1) is 12.8. The summed E-state index contributed by atoms with van der Waals surface area (Å²) in [4.78, 5) is 38.3. The average molecular weight is 248 g/mol. The number of thioether (sulfide) groups is 1. The monoisotopic (exact) mass is 248 g/mol. The predicted octanol–water partition coefficient (Wildman–Crippen LogP) is -0.322. The molecule has 1 aliphatic rings. The van der Waals surface area contributed by atoms with Crippen LogP contribution in [0.3, 0.4) is 0 Å². The van der Waals surface area contributed by atoms with Crippen molar-refractivity contribution in [3.8, 4) is 0 Å². The summed E-state index contributed by atoms with van der Waals surface area (Å²) in [6.07, 6.45) is 0.103.